The van der Waals surface area contributed by atoms with Crippen molar-refractivity contribution in [3.05, 3.63) is 18.2 Å². The number of morpholine rings is 1. The molecule has 0 aliphatic carbocycles. The molecule has 8 nitrogen and oxygen atoms in total. The van der Waals surface area contributed by atoms with E-state index in [9.17, 15) is 13.2 Å². The van der Waals surface area contributed by atoms with Crippen LogP contribution in [0.5, 0.6) is 5.75 Å². The number of amides is 1. The van der Waals surface area contributed by atoms with Crippen LogP contribution in [0.3, 0.4) is 0 Å². The van der Waals surface area contributed by atoms with Crippen LogP contribution < -0.4 is 10.1 Å². The highest BCUT2D eigenvalue weighted by molar-refractivity contribution is 7.89. The van der Waals surface area contributed by atoms with Crippen LogP contribution >= 0.6 is 0 Å². The van der Waals surface area contributed by atoms with Gasteiger partial charge in [0, 0.05) is 13.1 Å². The summed E-state index contributed by atoms with van der Waals surface area (Å²) in [7, 11) is -3.66. The number of rotatable bonds is 6. The number of benzene rings is 1. The van der Waals surface area contributed by atoms with Gasteiger partial charge >= 0.3 is 6.09 Å². The van der Waals surface area contributed by atoms with Gasteiger partial charge in [0.2, 0.25) is 10.0 Å². The van der Waals surface area contributed by atoms with E-state index in [0.29, 0.717) is 38.7 Å². The van der Waals surface area contributed by atoms with Gasteiger partial charge in [-0.3, -0.25) is 5.32 Å². The van der Waals surface area contributed by atoms with Crippen molar-refractivity contribution in [2.45, 2.75) is 18.7 Å². The summed E-state index contributed by atoms with van der Waals surface area (Å²) < 4.78 is 42.2. The van der Waals surface area contributed by atoms with E-state index in [0.717, 1.165) is 0 Å². The lowest BCUT2D eigenvalue weighted by Crippen LogP contribution is -2.40. The van der Waals surface area contributed by atoms with Crippen molar-refractivity contribution in [1.82, 2.24) is 4.31 Å². The van der Waals surface area contributed by atoms with Gasteiger partial charge in [0.1, 0.15) is 5.75 Å². The van der Waals surface area contributed by atoms with E-state index in [1.54, 1.807) is 13.8 Å². The summed E-state index contributed by atoms with van der Waals surface area (Å²) in [6.07, 6.45) is -0.667. The third-order valence-corrected chi connectivity index (χ3v) is 5.27. The Kier molecular flexibility index (Phi) is 6.41. The summed E-state index contributed by atoms with van der Waals surface area (Å²) >= 11 is 0. The van der Waals surface area contributed by atoms with Crippen LogP contribution in [0.1, 0.15) is 13.8 Å². The van der Waals surface area contributed by atoms with Crippen molar-refractivity contribution in [3.63, 3.8) is 0 Å². The molecular weight excluding hydrogens is 336 g/mol. The molecule has 1 heterocycles. The van der Waals surface area contributed by atoms with Crippen LogP contribution in [0.25, 0.3) is 0 Å². The Bertz CT molecular complexity index is 671. The molecule has 1 N–H and O–H groups in total. The number of carbonyl (C=O) groups is 1. The third kappa shape index (κ3) is 4.37. The first-order valence-corrected chi connectivity index (χ1v) is 9.21. The van der Waals surface area contributed by atoms with Crippen LogP contribution in [-0.2, 0) is 19.5 Å². The van der Waals surface area contributed by atoms with Crippen LogP contribution in [0.15, 0.2) is 23.1 Å². The van der Waals surface area contributed by atoms with Gasteiger partial charge in [0.25, 0.3) is 0 Å². The first-order chi connectivity index (χ1) is 11.5. The fraction of sp³-hybridized carbons (Fsp3) is 0.533. The fourth-order valence-electron chi connectivity index (χ4n) is 2.26. The third-order valence-electron chi connectivity index (χ3n) is 3.37. The van der Waals surface area contributed by atoms with E-state index < -0.39 is 16.1 Å². The quantitative estimate of drug-likeness (QED) is 0.831. The highest BCUT2D eigenvalue weighted by atomic mass is 32.2. The molecule has 1 saturated heterocycles. The van der Waals surface area contributed by atoms with Crippen molar-refractivity contribution >= 4 is 21.8 Å². The molecule has 0 aromatic heterocycles. The Morgan fingerprint density at radius 1 is 1.25 bits per heavy atom. The molecule has 0 unspecified atom stereocenters. The van der Waals surface area contributed by atoms with Crippen molar-refractivity contribution < 1.29 is 27.4 Å². The molecule has 1 aromatic carbocycles. The largest absolute Gasteiger partial charge is 0.492 e. The maximum Gasteiger partial charge on any atom is 0.411 e. The van der Waals surface area contributed by atoms with Crippen molar-refractivity contribution in [1.29, 1.82) is 0 Å². The molecule has 0 bridgehead atoms. The lowest BCUT2D eigenvalue weighted by atomic mass is 10.3. The average molecular weight is 358 g/mol. The smallest absolute Gasteiger partial charge is 0.411 e. The maximum atomic E-state index is 12.7. The zero-order valence-electron chi connectivity index (χ0n) is 13.8. The van der Waals surface area contributed by atoms with E-state index in [1.165, 1.54) is 22.5 Å². The zero-order chi connectivity index (χ0) is 17.6. The Morgan fingerprint density at radius 2 is 1.96 bits per heavy atom. The Hall–Kier alpha value is -1.84. The molecule has 1 aliphatic heterocycles. The van der Waals surface area contributed by atoms with Gasteiger partial charge in [-0.2, -0.15) is 4.31 Å². The molecule has 24 heavy (non-hydrogen) atoms. The second-order valence-electron chi connectivity index (χ2n) is 4.95. The number of nitrogens with one attached hydrogen (secondary N) is 1. The highest BCUT2D eigenvalue weighted by Gasteiger charge is 2.27. The van der Waals surface area contributed by atoms with Gasteiger partial charge < -0.3 is 14.2 Å². The molecule has 1 aliphatic rings. The molecule has 9 heteroatoms. The molecular formula is C15H22N2O6S. The number of anilines is 1. The number of sulfonamides is 1. The molecule has 2 rings (SSSR count). The summed E-state index contributed by atoms with van der Waals surface area (Å²) in [4.78, 5) is 11.7. The van der Waals surface area contributed by atoms with Gasteiger partial charge in [-0.15, -0.1) is 0 Å². The van der Waals surface area contributed by atoms with Gasteiger partial charge in [-0.1, -0.05) is 0 Å². The van der Waals surface area contributed by atoms with Crippen LogP contribution in [-0.4, -0.2) is 58.3 Å². The Balaban J connectivity index is 2.31. The van der Waals surface area contributed by atoms with Gasteiger partial charge in [0.15, 0.2) is 0 Å². The predicted octanol–water partition coefficient (Wildman–Crippen LogP) is 1.67. The minimum absolute atomic E-state index is 0.0830. The Morgan fingerprint density at radius 3 is 2.58 bits per heavy atom. The van der Waals surface area contributed by atoms with Gasteiger partial charge in [-0.25, -0.2) is 13.2 Å². The molecule has 1 aromatic rings. The highest BCUT2D eigenvalue weighted by Crippen LogP contribution is 2.29. The molecule has 134 valence electrons. The summed E-state index contributed by atoms with van der Waals surface area (Å²) in [5, 5.41) is 2.52. The molecule has 0 saturated carbocycles. The number of hydrogen-bond donors (Lipinski definition) is 1. The van der Waals surface area contributed by atoms with Crippen LogP contribution in [0.2, 0.25) is 0 Å². The lowest BCUT2D eigenvalue weighted by molar-refractivity contribution is 0.0730. The van der Waals surface area contributed by atoms with E-state index in [1.807, 2.05) is 0 Å². The predicted molar refractivity (Wildman–Crippen MR) is 87.8 cm³/mol. The van der Waals surface area contributed by atoms with Crippen molar-refractivity contribution in [3.8, 4) is 5.75 Å². The topological polar surface area (TPSA) is 94.2 Å². The number of hydrogen-bond acceptors (Lipinski definition) is 6. The molecule has 0 atom stereocenters. The summed E-state index contributed by atoms with van der Waals surface area (Å²) in [6.45, 7) is 5.41. The SMILES string of the molecule is CCOC(=O)Nc1cc(S(=O)(=O)N2CCOCC2)ccc1OCC. The summed E-state index contributed by atoms with van der Waals surface area (Å²) in [5.74, 6) is 0.381. The minimum Gasteiger partial charge on any atom is -0.492 e. The summed E-state index contributed by atoms with van der Waals surface area (Å²) in [5.41, 5.74) is 0.254. The first-order valence-electron chi connectivity index (χ1n) is 7.77. The number of ether oxygens (including phenoxy) is 3. The van der Waals surface area contributed by atoms with E-state index in [-0.39, 0.29) is 17.2 Å². The summed E-state index contributed by atoms with van der Waals surface area (Å²) in [6, 6.07) is 4.37. The van der Waals surface area contributed by atoms with E-state index in [4.69, 9.17) is 14.2 Å². The number of carbonyl (C=O) groups excluding carboxylic acids is 1. The van der Waals surface area contributed by atoms with Crippen LogP contribution in [0, 0.1) is 0 Å². The van der Waals surface area contributed by atoms with E-state index in [2.05, 4.69) is 5.32 Å². The normalized spacial score (nSPS) is 15.8. The fourth-order valence-corrected chi connectivity index (χ4v) is 3.70. The van der Waals surface area contributed by atoms with Gasteiger partial charge in [0.05, 0.1) is 37.0 Å². The maximum absolute atomic E-state index is 12.7. The second-order valence-corrected chi connectivity index (χ2v) is 6.89. The van der Waals surface area contributed by atoms with Gasteiger partial charge in [-0.05, 0) is 32.0 Å². The molecule has 1 amide bonds. The standard InChI is InChI=1S/C15H22N2O6S/c1-3-22-14-6-5-12(11-13(14)16-15(18)23-4-2)24(19,20)17-7-9-21-10-8-17/h5-6,11H,3-4,7-10H2,1-2H3,(H,16,18). The minimum atomic E-state index is -3.66. The van der Waals surface area contributed by atoms with Crippen LogP contribution in [0.4, 0.5) is 10.5 Å². The lowest BCUT2D eigenvalue weighted by Gasteiger charge is -2.26. The monoisotopic (exact) mass is 358 g/mol. The number of nitrogens with zero attached hydrogens (tertiary/aromatic N) is 1. The second kappa shape index (κ2) is 8.32. The molecule has 1 fully saturated rings. The Labute approximate surface area is 141 Å². The van der Waals surface area contributed by atoms with Crippen molar-refractivity contribution in [2.75, 3.05) is 44.8 Å². The molecule has 0 spiro atoms. The first kappa shape index (κ1) is 18.5. The van der Waals surface area contributed by atoms with E-state index >= 15 is 0 Å². The average Bonchev–Trinajstić information content (AvgIpc) is 2.57. The zero-order valence-corrected chi connectivity index (χ0v) is 14.6. The molecule has 0 radical (unpaired) electrons. The van der Waals surface area contributed by atoms with Crippen molar-refractivity contribution in [2.24, 2.45) is 0 Å².